The number of hydrogen-bond donors (Lipinski definition) is 2. The predicted molar refractivity (Wildman–Crippen MR) is 70.8 cm³/mol. The van der Waals surface area contributed by atoms with Gasteiger partial charge in [0.1, 0.15) is 17.5 Å². The van der Waals surface area contributed by atoms with Crippen molar-refractivity contribution in [2.24, 2.45) is 5.84 Å². The van der Waals surface area contributed by atoms with Crippen LogP contribution in [-0.2, 0) is 11.3 Å². The Labute approximate surface area is 107 Å². The number of nitrogens with one attached hydrogen (secondary N) is 1. The molecule has 6 heteroatoms. The first-order valence-corrected chi connectivity index (χ1v) is 6.66. The van der Waals surface area contributed by atoms with Crippen LogP contribution < -0.4 is 11.3 Å². The van der Waals surface area contributed by atoms with Gasteiger partial charge >= 0.3 is 0 Å². The second-order valence-corrected chi connectivity index (χ2v) is 5.08. The van der Waals surface area contributed by atoms with Crippen LogP contribution in [0.1, 0.15) is 33.0 Å². The summed E-state index contributed by atoms with van der Waals surface area (Å²) < 4.78 is 5.30. The lowest BCUT2D eigenvalue weighted by atomic mass is 10.4. The molecule has 3 N–H and O–H groups in total. The minimum atomic E-state index is 0.417. The fraction of sp³-hybridized carbons (Fsp3) is 0.636. The lowest BCUT2D eigenvalue weighted by Gasteiger charge is -2.10. The van der Waals surface area contributed by atoms with E-state index in [9.17, 15) is 0 Å². The van der Waals surface area contributed by atoms with Crippen molar-refractivity contribution in [3.05, 3.63) is 11.9 Å². The summed E-state index contributed by atoms with van der Waals surface area (Å²) in [7, 11) is 0. The van der Waals surface area contributed by atoms with Crippen molar-refractivity contribution < 1.29 is 4.74 Å². The van der Waals surface area contributed by atoms with E-state index in [0.29, 0.717) is 30.1 Å². The molecule has 1 unspecified atom stereocenters. The number of rotatable bonds is 7. The molecule has 0 bridgehead atoms. The maximum Gasteiger partial charge on any atom is 0.157 e. The number of ether oxygens (including phenoxy) is 1. The number of thioether (sulfide) groups is 1. The third-order valence-electron chi connectivity index (χ3n) is 2.23. The van der Waals surface area contributed by atoms with Crippen molar-refractivity contribution in [3.8, 4) is 0 Å². The normalized spacial score (nSPS) is 12.5. The first kappa shape index (κ1) is 14.2. The zero-order valence-electron chi connectivity index (χ0n) is 10.6. The highest BCUT2D eigenvalue weighted by Crippen LogP contribution is 2.24. The van der Waals surface area contributed by atoms with Crippen LogP contribution in [0.5, 0.6) is 0 Å². The molecular formula is C11H20N4OS. The molecule has 0 spiro atoms. The Morgan fingerprint density at radius 3 is 2.82 bits per heavy atom. The molecular weight excluding hydrogens is 236 g/mol. The smallest absolute Gasteiger partial charge is 0.157 e. The third kappa shape index (κ3) is 4.89. The van der Waals surface area contributed by atoms with E-state index in [0.717, 1.165) is 11.4 Å². The van der Waals surface area contributed by atoms with Crippen LogP contribution in [0.2, 0.25) is 0 Å². The largest absolute Gasteiger partial charge is 0.374 e. The molecule has 1 heterocycles. The number of anilines is 1. The fourth-order valence-electron chi connectivity index (χ4n) is 1.15. The summed E-state index contributed by atoms with van der Waals surface area (Å²) in [4.78, 5) is 8.68. The summed E-state index contributed by atoms with van der Waals surface area (Å²) >= 11 is 1.72. The molecule has 17 heavy (non-hydrogen) atoms. The Bertz CT molecular complexity index is 348. The number of nitrogens with two attached hydrogens (primary N) is 1. The van der Waals surface area contributed by atoms with Crippen molar-refractivity contribution in [1.29, 1.82) is 0 Å². The van der Waals surface area contributed by atoms with Gasteiger partial charge < -0.3 is 10.2 Å². The van der Waals surface area contributed by atoms with E-state index < -0.39 is 0 Å². The molecule has 0 aliphatic rings. The van der Waals surface area contributed by atoms with E-state index >= 15 is 0 Å². The van der Waals surface area contributed by atoms with Gasteiger partial charge in [-0.25, -0.2) is 15.8 Å². The molecule has 0 aliphatic carbocycles. The van der Waals surface area contributed by atoms with E-state index in [1.54, 1.807) is 11.8 Å². The van der Waals surface area contributed by atoms with Gasteiger partial charge in [-0.3, -0.25) is 0 Å². The molecule has 5 nitrogen and oxygen atoms in total. The summed E-state index contributed by atoms with van der Waals surface area (Å²) in [6.07, 6.45) is 1.10. The van der Waals surface area contributed by atoms with Gasteiger partial charge in [0.15, 0.2) is 5.82 Å². The highest BCUT2D eigenvalue weighted by atomic mass is 32.2. The second-order valence-electron chi connectivity index (χ2n) is 3.63. The Hall–Kier alpha value is -0.850. The zero-order chi connectivity index (χ0) is 12.7. The molecule has 0 saturated heterocycles. The summed E-state index contributed by atoms with van der Waals surface area (Å²) in [5, 5.41) is 1.45. The topological polar surface area (TPSA) is 73.1 Å². The van der Waals surface area contributed by atoms with Crippen LogP contribution in [0.3, 0.4) is 0 Å². The van der Waals surface area contributed by atoms with Crippen LogP contribution in [0.25, 0.3) is 0 Å². The molecule has 1 rings (SSSR count). The first-order valence-electron chi connectivity index (χ1n) is 5.78. The Balaban J connectivity index is 2.80. The minimum absolute atomic E-state index is 0.417. The molecule has 0 saturated carbocycles. The highest BCUT2D eigenvalue weighted by Gasteiger charge is 2.08. The van der Waals surface area contributed by atoms with Crippen molar-refractivity contribution in [3.63, 3.8) is 0 Å². The maximum absolute atomic E-state index is 5.39. The molecule has 0 amide bonds. The number of hydrogen-bond acceptors (Lipinski definition) is 6. The van der Waals surface area contributed by atoms with E-state index in [1.165, 1.54) is 0 Å². The third-order valence-corrected chi connectivity index (χ3v) is 3.42. The van der Waals surface area contributed by atoms with Crippen LogP contribution in [0.15, 0.2) is 11.1 Å². The molecule has 0 aromatic carbocycles. The summed E-state index contributed by atoms with van der Waals surface area (Å²) in [5.41, 5.74) is 2.56. The number of hydrazine groups is 1. The molecule has 0 fully saturated rings. The molecule has 1 atom stereocenters. The predicted octanol–water partition coefficient (Wildman–Crippen LogP) is 2.19. The Morgan fingerprint density at radius 2 is 2.24 bits per heavy atom. The van der Waals surface area contributed by atoms with E-state index in [-0.39, 0.29) is 0 Å². The highest BCUT2D eigenvalue weighted by molar-refractivity contribution is 7.99. The quantitative estimate of drug-likeness (QED) is 0.337. The van der Waals surface area contributed by atoms with Gasteiger partial charge in [0.2, 0.25) is 0 Å². The van der Waals surface area contributed by atoms with Gasteiger partial charge in [-0.1, -0.05) is 13.8 Å². The summed E-state index contributed by atoms with van der Waals surface area (Å²) in [6.45, 7) is 7.34. The Morgan fingerprint density at radius 1 is 1.47 bits per heavy atom. The van der Waals surface area contributed by atoms with Crippen LogP contribution in [0.4, 0.5) is 5.82 Å². The van der Waals surface area contributed by atoms with Gasteiger partial charge in [-0.15, -0.1) is 11.8 Å². The van der Waals surface area contributed by atoms with Crippen LogP contribution in [-0.4, -0.2) is 21.8 Å². The van der Waals surface area contributed by atoms with Crippen molar-refractivity contribution >= 4 is 17.6 Å². The lowest BCUT2D eigenvalue weighted by Crippen LogP contribution is -2.11. The number of nitrogens with zero attached hydrogens (tertiary/aromatic N) is 2. The number of nitrogen functional groups attached to an aromatic ring is 1. The van der Waals surface area contributed by atoms with Gasteiger partial charge in [-0.05, 0) is 13.3 Å². The molecule has 0 aliphatic heterocycles. The summed E-state index contributed by atoms with van der Waals surface area (Å²) in [5.74, 6) is 6.67. The molecule has 1 aromatic rings. The molecule has 96 valence electrons. The van der Waals surface area contributed by atoms with Gasteiger partial charge in [0.05, 0.1) is 0 Å². The first-order chi connectivity index (χ1) is 8.19. The van der Waals surface area contributed by atoms with Crippen molar-refractivity contribution in [1.82, 2.24) is 9.97 Å². The van der Waals surface area contributed by atoms with Gasteiger partial charge in [0.25, 0.3) is 0 Å². The molecule has 0 radical (unpaired) electrons. The van der Waals surface area contributed by atoms with Crippen molar-refractivity contribution in [2.75, 3.05) is 12.0 Å². The SMILES string of the molecule is CCOCc1nc(NN)cc(SC(C)CC)n1. The number of aromatic nitrogens is 2. The Kier molecular flexibility index (Phi) is 6.25. The van der Waals surface area contributed by atoms with E-state index in [4.69, 9.17) is 10.6 Å². The van der Waals surface area contributed by atoms with Gasteiger partial charge in [-0.2, -0.15) is 0 Å². The standard InChI is InChI=1S/C11H20N4OS/c1-4-8(3)17-11-6-9(15-12)13-10(14-11)7-16-5-2/h6,8H,4-5,7,12H2,1-3H3,(H,13,14,15). The lowest BCUT2D eigenvalue weighted by molar-refractivity contribution is 0.128. The van der Waals surface area contributed by atoms with Crippen LogP contribution >= 0.6 is 11.8 Å². The van der Waals surface area contributed by atoms with Crippen molar-refractivity contribution in [2.45, 2.75) is 44.1 Å². The van der Waals surface area contributed by atoms with Gasteiger partial charge in [0, 0.05) is 17.9 Å². The average Bonchev–Trinajstić information content (AvgIpc) is 2.35. The second kappa shape index (κ2) is 7.47. The fourth-order valence-corrected chi connectivity index (χ4v) is 2.07. The van der Waals surface area contributed by atoms with E-state index in [1.807, 2.05) is 13.0 Å². The summed E-state index contributed by atoms with van der Waals surface area (Å²) in [6, 6.07) is 1.85. The average molecular weight is 256 g/mol. The van der Waals surface area contributed by atoms with E-state index in [2.05, 4.69) is 29.2 Å². The maximum atomic E-state index is 5.39. The zero-order valence-corrected chi connectivity index (χ0v) is 11.4. The minimum Gasteiger partial charge on any atom is -0.374 e. The molecule has 1 aromatic heterocycles. The monoisotopic (exact) mass is 256 g/mol. The van der Waals surface area contributed by atoms with Crippen LogP contribution in [0, 0.1) is 0 Å².